The molecule has 10 heteroatoms. The maximum atomic E-state index is 13.0. The highest BCUT2D eigenvalue weighted by Gasteiger charge is 2.33. The SMILES string of the molecule is Cc1n[nH]c(C)c1S(=O)(=O)N1CCCN(C(=O)c2cc(C3CC3)on2)CC1. The van der Waals surface area contributed by atoms with Gasteiger partial charge < -0.3 is 9.42 Å². The van der Waals surface area contributed by atoms with Crippen LogP contribution in [0.3, 0.4) is 0 Å². The Bertz CT molecular complexity index is 940. The number of nitrogens with zero attached hydrogens (tertiary/aromatic N) is 4. The fourth-order valence-electron chi connectivity index (χ4n) is 3.50. The summed E-state index contributed by atoms with van der Waals surface area (Å²) in [6.07, 6.45) is 2.71. The minimum atomic E-state index is -3.65. The number of carbonyl (C=O) groups is 1. The molecular weight excluding hydrogens is 370 g/mol. The predicted molar refractivity (Wildman–Crippen MR) is 95.8 cm³/mol. The third kappa shape index (κ3) is 3.39. The maximum absolute atomic E-state index is 13.0. The van der Waals surface area contributed by atoms with Crippen LogP contribution in [-0.4, -0.2) is 65.1 Å². The van der Waals surface area contributed by atoms with Crippen molar-refractivity contribution in [3.63, 3.8) is 0 Å². The third-order valence-corrected chi connectivity index (χ3v) is 7.29. The lowest BCUT2D eigenvalue weighted by Gasteiger charge is -2.21. The first-order valence-corrected chi connectivity index (χ1v) is 10.6. The van der Waals surface area contributed by atoms with Crippen molar-refractivity contribution in [2.75, 3.05) is 26.2 Å². The molecule has 2 aromatic heterocycles. The van der Waals surface area contributed by atoms with Crippen molar-refractivity contribution in [2.24, 2.45) is 0 Å². The Balaban J connectivity index is 1.47. The Hall–Kier alpha value is -2.20. The summed E-state index contributed by atoms with van der Waals surface area (Å²) in [5.74, 6) is 0.953. The molecule has 4 rings (SSSR count). The summed E-state index contributed by atoms with van der Waals surface area (Å²) in [6, 6.07) is 1.72. The van der Waals surface area contributed by atoms with Gasteiger partial charge in [-0.2, -0.15) is 9.40 Å². The van der Waals surface area contributed by atoms with Crippen LogP contribution in [0.1, 0.15) is 52.8 Å². The van der Waals surface area contributed by atoms with Crippen LogP contribution in [-0.2, 0) is 10.0 Å². The molecule has 0 aromatic carbocycles. The smallest absolute Gasteiger partial charge is 0.276 e. The van der Waals surface area contributed by atoms with Gasteiger partial charge in [-0.05, 0) is 33.1 Å². The fraction of sp³-hybridized carbons (Fsp3) is 0.588. The van der Waals surface area contributed by atoms with Gasteiger partial charge in [-0.1, -0.05) is 5.16 Å². The van der Waals surface area contributed by atoms with Crippen LogP contribution in [0.4, 0.5) is 0 Å². The molecule has 0 radical (unpaired) electrons. The van der Waals surface area contributed by atoms with Crippen molar-refractivity contribution in [3.8, 4) is 0 Å². The van der Waals surface area contributed by atoms with Crippen LogP contribution in [0.2, 0.25) is 0 Å². The van der Waals surface area contributed by atoms with Crippen LogP contribution in [0, 0.1) is 13.8 Å². The maximum Gasteiger partial charge on any atom is 0.276 e. The Labute approximate surface area is 157 Å². The predicted octanol–water partition coefficient (Wildman–Crippen LogP) is 1.43. The summed E-state index contributed by atoms with van der Waals surface area (Å²) < 4.78 is 32.7. The summed E-state index contributed by atoms with van der Waals surface area (Å²) in [7, 11) is -3.65. The molecule has 0 bridgehead atoms. The average Bonchev–Trinajstić information content (AvgIpc) is 3.33. The van der Waals surface area contributed by atoms with Crippen LogP contribution >= 0.6 is 0 Å². The molecule has 2 aromatic rings. The molecule has 146 valence electrons. The Morgan fingerprint density at radius 2 is 2.00 bits per heavy atom. The lowest BCUT2D eigenvalue weighted by molar-refractivity contribution is 0.0753. The number of aryl methyl sites for hydroxylation is 2. The van der Waals surface area contributed by atoms with E-state index in [4.69, 9.17) is 4.52 Å². The first-order valence-electron chi connectivity index (χ1n) is 9.15. The zero-order chi connectivity index (χ0) is 19.2. The molecule has 0 spiro atoms. The zero-order valence-corrected chi connectivity index (χ0v) is 16.3. The van der Waals surface area contributed by atoms with E-state index in [1.54, 1.807) is 24.8 Å². The van der Waals surface area contributed by atoms with E-state index >= 15 is 0 Å². The van der Waals surface area contributed by atoms with Gasteiger partial charge in [0.2, 0.25) is 10.0 Å². The van der Waals surface area contributed by atoms with Crippen LogP contribution in [0.5, 0.6) is 0 Å². The van der Waals surface area contributed by atoms with E-state index in [1.165, 1.54) is 4.31 Å². The van der Waals surface area contributed by atoms with Gasteiger partial charge in [0, 0.05) is 38.2 Å². The van der Waals surface area contributed by atoms with Gasteiger partial charge in [-0.25, -0.2) is 8.42 Å². The summed E-state index contributed by atoms with van der Waals surface area (Å²) >= 11 is 0. The highest BCUT2D eigenvalue weighted by Crippen LogP contribution is 2.40. The molecule has 1 saturated heterocycles. The van der Waals surface area contributed by atoms with Gasteiger partial charge in [-0.15, -0.1) is 0 Å². The standard InChI is InChI=1S/C17H23N5O4S/c1-11-16(12(2)19-18-11)27(24,25)22-7-3-6-21(8-9-22)17(23)14-10-15(26-20-14)13-4-5-13/h10,13H,3-9H2,1-2H3,(H,18,19). The molecule has 1 aliphatic carbocycles. The normalized spacial score (nSPS) is 19.3. The van der Waals surface area contributed by atoms with Gasteiger partial charge in [0.05, 0.1) is 11.4 Å². The van der Waals surface area contributed by atoms with E-state index in [0.29, 0.717) is 49.1 Å². The van der Waals surface area contributed by atoms with E-state index < -0.39 is 10.0 Å². The van der Waals surface area contributed by atoms with E-state index in [-0.39, 0.29) is 17.3 Å². The van der Waals surface area contributed by atoms with E-state index in [0.717, 1.165) is 18.6 Å². The number of aromatic amines is 1. The van der Waals surface area contributed by atoms with Crippen molar-refractivity contribution in [1.82, 2.24) is 24.6 Å². The minimum Gasteiger partial charge on any atom is -0.360 e. The van der Waals surface area contributed by atoms with Gasteiger partial charge in [0.1, 0.15) is 10.7 Å². The number of hydrogen-bond donors (Lipinski definition) is 1. The second kappa shape index (κ2) is 6.75. The number of H-pyrrole nitrogens is 1. The molecule has 2 aliphatic rings. The molecule has 3 heterocycles. The molecule has 1 saturated carbocycles. The molecule has 1 N–H and O–H groups in total. The number of aromatic nitrogens is 3. The van der Waals surface area contributed by atoms with Crippen molar-refractivity contribution in [2.45, 2.75) is 43.9 Å². The lowest BCUT2D eigenvalue weighted by Crippen LogP contribution is -2.37. The molecule has 2 fully saturated rings. The van der Waals surface area contributed by atoms with Gasteiger partial charge >= 0.3 is 0 Å². The highest BCUT2D eigenvalue weighted by atomic mass is 32.2. The lowest BCUT2D eigenvalue weighted by atomic mass is 10.2. The summed E-state index contributed by atoms with van der Waals surface area (Å²) in [5.41, 5.74) is 1.29. The van der Waals surface area contributed by atoms with Crippen LogP contribution < -0.4 is 0 Å². The second-order valence-corrected chi connectivity index (χ2v) is 9.08. The molecule has 27 heavy (non-hydrogen) atoms. The number of carbonyl (C=O) groups excluding carboxylic acids is 1. The Kier molecular flexibility index (Phi) is 4.55. The second-order valence-electron chi connectivity index (χ2n) is 7.20. The summed E-state index contributed by atoms with van der Waals surface area (Å²) in [6.45, 7) is 4.78. The van der Waals surface area contributed by atoms with E-state index in [1.807, 2.05) is 0 Å². The first-order chi connectivity index (χ1) is 12.9. The Morgan fingerprint density at radius 1 is 1.22 bits per heavy atom. The van der Waals surface area contributed by atoms with Gasteiger partial charge in [0.25, 0.3) is 5.91 Å². The first kappa shape index (κ1) is 18.2. The zero-order valence-electron chi connectivity index (χ0n) is 15.4. The molecule has 1 amide bonds. The quantitative estimate of drug-likeness (QED) is 0.841. The molecule has 9 nitrogen and oxygen atoms in total. The van der Waals surface area contributed by atoms with E-state index in [2.05, 4.69) is 15.4 Å². The van der Waals surface area contributed by atoms with Crippen molar-refractivity contribution in [3.05, 3.63) is 28.9 Å². The monoisotopic (exact) mass is 393 g/mol. The number of amides is 1. The molecule has 0 atom stereocenters. The summed E-state index contributed by atoms with van der Waals surface area (Å²) in [5, 5.41) is 10.6. The topological polar surface area (TPSA) is 112 Å². The molecular formula is C17H23N5O4S. The summed E-state index contributed by atoms with van der Waals surface area (Å²) in [4.78, 5) is 14.6. The van der Waals surface area contributed by atoms with Crippen LogP contribution in [0.25, 0.3) is 0 Å². The molecule has 1 aliphatic heterocycles. The number of rotatable bonds is 4. The largest absolute Gasteiger partial charge is 0.360 e. The molecule has 0 unspecified atom stereocenters. The average molecular weight is 393 g/mol. The van der Waals surface area contributed by atoms with Crippen molar-refractivity contribution >= 4 is 15.9 Å². The van der Waals surface area contributed by atoms with Gasteiger partial charge in [-0.3, -0.25) is 9.89 Å². The fourth-order valence-corrected chi connectivity index (χ4v) is 5.30. The van der Waals surface area contributed by atoms with Gasteiger partial charge in [0.15, 0.2) is 5.69 Å². The number of nitrogens with one attached hydrogen (secondary N) is 1. The number of hydrogen-bond acceptors (Lipinski definition) is 6. The third-order valence-electron chi connectivity index (χ3n) is 5.13. The van der Waals surface area contributed by atoms with E-state index in [9.17, 15) is 13.2 Å². The van der Waals surface area contributed by atoms with Crippen molar-refractivity contribution < 1.29 is 17.7 Å². The Morgan fingerprint density at radius 3 is 2.67 bits per heavy atom. The van der Waals surface area contributed by atoms with Crippen LogP contribution in [0.15, 0.2) is 15.5 Å². The highest BCUT2D eigenvalue weighted by molar-refractivity contribution is 7.89. The van der Waals surface area contributed by atoms with Crippen molar-refractivity contribution in [1.29, 1.82) is 0 Å². The minimum absolute atomic E-state index is 0.208. The number of sulfonamides is 1.